The first-order valence-corrected chi connectivity index (χ1v) is 19.0. The number of carbonyl (C=O) groups is 1. The van der Waals surface area contributed by atoms with Gasteiger partial charge in [0.15, 0.2) is 14.2 Å². The third kappa shape index (κ3) is 7.87. The number of ether oxygens (including phenoxy) is 3. The van der Waals surface area contributed by atoms with Crippen molar-refractivity contribution in [2.75, 3.05) is 6.61 Å². The van der Waals surface area contributed by atoms with Crippen molar-refractivity contribution in [2.24, 2.45) is 0 Å². The standard InChI is InChI=1S/C33H43O7PSi/c1-25(34)36-24-29-30(37-22-26-16-10-7-11-17-26)31(38-23-27-18-12-8-13-19-27)32(40-42(5,6)33(2,3)4)41(35,39-29)28-20-14-9-15-21-28/h7-21,29-32H,22-24H2,1-6H3/t29-,30-,31+,32+,41+/m1/s1. The Kier molecular flexibility index (Phi) is 10.6. The van der Waals surface area contributed by atoms with Gasteiger partial charge in [-0.1, -0.05) is 99.6 Å². The summed E-state index contributed by atoms with van der Waals surface area (Å²) in [5.74, 6) is -1.41. The number of benzene rings is 3. The molecule has 0 saturated carbocycles. The Morgan fingerprint density at radius 3 is 1.76 bits per heavy atom. The molecular formula is C33H43O7PSi. The van der Waals surface area contributed by atoms with Crippen molar-refractivity contribution in [3.05, 3.63) is 102 Å². The van der Waals surface area contributed by atoms with Crippen LogP contribution in [-0.2, 0) is 45.7 Å². The number of hydrogen-bond acceptors (Lipinski definition) is 7. The highest BCUT2D eigenvalue weighted by atomic mass is 31.2. The summed E-state index contributed by atoms with van der Waals surface area (Å²) < 4.78 is 47.5. The molecule has 226 valence electrons. The fourth-order valence-corrected chi connectivity index (χ4v) is 9.37. The Bertz CT molecular complexity index is 1330. The zero-order valence-corrected chi connectivity index (χ0v) is 27.3. The molecule has 42 heavy (non-hydrogen) atoms. The number of carbonyl (C=O) groups excluding carboxylic acids is 1. The summed E-state index contributed by atoms with van der Waals surface area (Å²) in [6.45, 7) is 12.4. The normalized spacial score (nSPS) is 24.7. The summed E-state index contributed by atoms with van der Waals surface area (Å²) in [6, 6.07) is 28.7. The molecule has 0 amide bonds. The van der Waals surface area contributed by atoms with Gasteiger partial charge in [-0.2, -0.15) is 0 Å². The van der Waals surface area contributed by atoms with Gasteiger partial charge in [-0.25, -0.2) is 0 Å². The molecule has 0 aliphatic carbocycles. The lowest BCUT2D eigenvalue weighted by Crippen LogP contribution is -2.59. The molecule has 4 rings (SSSR count). The molecule has 9 heteroatoms. The second-order valence-electron chi connectivity index (χ2n) is 12.2. The fourth-order valence-electron chi connectivity index (χ4n) is 4.58. The number of esters is 1. The Hall–Kier alpha value is -2.58. The first-order chi connectivity index (χ1) is 19.9. The lowest BCUT2D eigenvalue weighted by atomic mass is 10.1. The summed E-state index contributed by atoms with van der Waals surface area (Å²) >= 11 is 0. The monoisotopic (exact) mass is 610 g/mol. The van der Waals surface area contributed by atoms with Gasteiger partial charge in [-0.05, 0) is 41.4 Å². The van der Waals surface area contributed by atoms with Crippen LogP contribution < -0.4 is 5.30 Å². The molecule has 0 unspecified atom stereocenters. The van der Waals surface area contributed by atoms with E-state index >= 15 is 4.57 Å². The summed E-state index contributed by atoms with van der Waals surface area (Å²) in [5, 5.41) is 0.351. The zero-order valence-electron chi connectivity index (χ0n) is 25.4. The third-order valence-corrected chi connectivity index (χ3v) is 15.3. The van der Waals surface area contributed by atoms with Crippen molar-refractivity contribution in [2.45, 2.75) is 83.2 Å². The van der Waals surface area contributed by atoms with Gasteiger partial charge in [0.2, 0.25) is 0 Å². The van der Waals surface area contributed by atoms with E-state index in [1.54, 1.807) is 12.1 Å². The predicted octanol–water partition coefficient (Wildman–Crippen LogP) is 7.07. The van der Waals surface area contributed by atoms with E-state index in [2.05, 4.69) is 33.9 Å². The van der Waals surface area contributed by atoms with Gasteiger partial charge >= 0.3 is 5.97 Å². The van der Waals surface area contributed by atoms with Gasteiger partial charge in [-0.3, -0.25) is 9.36 Å². The van der Waals surface area contributed by atoms with Crippen LogP contribution in [0.15, 0.2) is 91.0 Å². The molecule has 0 N–H and O–H groups in total. The molecular weight excluding hydrogens is 567 g/mol. The van der Waals surface area contributed by atoms with Crippen molar-refractivity contribution in [1.82, 2.24) is 0 Å². The predicted molar refractivity (Wildman–Crippen MR) is 167 cm³/mol. The van der Waals surface area contributed by atoms with Crippen LogP contribution in [0.4, 0.5) is 0 Å². The third-order valence-electron chi connectivity index (χ3n) is 7.96. The van der Waals surface area contributed by atoms with Crippen LogP contribution in [0.1, 0.15) is 38.8 Å². The van der Waals surface area contributed by atoms with E-state index in [1.807, 2.05) is 78.9 Å². The summed E-state index contributed by atoms with van der Waals surface area (Å²) in [4.78, 5) is 11.9. The van der Waals surface area contributed by atoms with Crippen LogP contribution in [-0.4, -0.2) is 45.1 Å². The molecule has 1 fully saturated rings. The van der Waals surface area contributed by atoms with Gasteiger partial charge in [0.1, 0.15) is 24.9 Å². The molecule has 0 spiro atoms. The highest BCUT2D eigenvalue weighted by Gasteiger charge is 2.58. The van der Waals surface area contributed by atoms with Crippen LogP contribution in [0.3, 0.4) is 0 Å². The van der Waals surface area contributed by atoms with Crippen molar-refractivity contribution >= 4 is 27.0 Å². The Morgan fingerprint density at radius 2 is 1.29 bits per heavy atom. The quantitative estimate of drug-likeness (QED) is 0.131. The van der Waals surface area contributed by atoms with Crippen molar-refractivity contribution < 1.29 is 32.5 Å². The summed E-state index contributed by atoms with van der Waals surface area (Å²) in [7, 11) is -6.26. The summed E-state index contributed by atoms with van der Waals surface area (Å²) in [5.41, 5.74) is 1.92. The van der Waals surface area contributed by atoms with Crippen molar-refractivity contribution in [3.8, 4) is 0 Å². The Balaban J connectivity index is 1.82. The topological polar surface area (TPSA) is 80.3 Å². The lowest BCUT2D eigenvalue weighted by molar-refractivity contribution is -0.176. The Morgan fingerprint density at radius 1 is 0.810 bits per heavy atom. The SMILES string of the molecule is CC(=O)OC[C@H]1O[P@@](=O)(c2ccccc2)[C@H](O[Si](C)(C)C(C)(C)C)[C@@H](OCc2ccccc2)[C@@H]1OCc1ccccc1. The first-order valence-electron chi connectivity index (χ1n) is 14.4. The minimum atomic E-state index is -3.75. The van der Waals surface area contributed by atoms with Crippen molar-refractivity contribution in [3.63, 3.8) is 0 Å². The molecule has 0 bridgehead atoms. The molecule has 0 aromatic heterocycles. The highest BCUT2D eigenvalue weighted by Crippen LogP contribution is 2.60. The van der Waals surface area contributed by atoms with Gasteiger partial charge in [0.25, 0.3) is 7.37 Å². The zero-order chi connectivity index (χ0) is 30.4. The van der Waals surface area contributed by atoms with E-state index in [0.717, 1.165) is 11.1 Å². The first kappa shape index (κ1) is 32.3. The molecule has 1 aliphatic rings. The van der Waals surface area contributed by atoms with E-state index < -0.39 is 45.8 Å². The second kappa shape index (κ2) is 13.8. The number of rotatable bonds is 11. The molecule has 3 aromatic carbocycles. The minimum absolute atomic E-state index is 0.135. The van der Waals surface area contributed by atoms with Crippen LogP contribution in [0.2, 0.25) is 18.1 Å². The van der Waals surface area contributed by atoms with E-state index in [4.69, 9.17) is 23.2 Å². The van der Waals surface area contributed by atoms with Gasteiger partial charge < -0.3 is 23.2 Å². The maximum atomic E-state index is 15.3. The largest absolute Gasteiger partial charge is 0.463 e. The van der Waals surface area contributed by atoms with Gasteiger partial charge in [0, 0.05) is 12.2 Å². The Labute approximate surface area is 251 Å². The molecule has 7 nitrogen and oxygen atoms in total. The molecule has 1 saturated heterocycles. The van der Waals surface area contributed by atoms with E-state index in [-0.39, 0.29) is 24.9 Å². The fraction of sp³-hybridized carbons (Fsp3) is 0.424. The highest BCUT2D eigenvalue weighted by molar-refractivity contribution is 7.67. The van der Waals surface area contributed by atoms with E-state index in [9.17, 15) is 4.79 Å². The van der Waals surface area contributed by atoms with Crippen LogP contribution in [0, 0.1) is 0 Å². The molecule has 1 heterocycles. The lowest BCUT2D eigenvalue weighted by Gasteiger charge is -2.49. The number of hydrogen-bond donors (Lipinski definition) is 0. The molecule has 5 atom stereocenters. The summed E-state index contributed by atoms with van der Waals surface area (Å²) in [6.07, 6.45) is -2.39. The van der Waals surface area contributed by atoms with Crippen LogP contribution >= 0.6 is 7.37 Å². The van der Waals surface area contributed by atoms with E-state index in [0.29, 0.717) is 5.30 Å². The minimum Gasteiger partial charge on any atom is -0.463 e. The van der Waals surface area contributed by atoms with Crippen LogP contribution in [0.25, 0.3) is 0 Å². The van der Waals surface area contributed by atoms with Crippen molar-refractivity contribution in [1.29, 1.82) is 0 Å². The molecule has 1 aliphatic heterocycles. The van der Waals surface area contributed by atoms with Gasteiger partial charge in [0.05, 0.1) is 13.2 Å². The maximum absolute atomic E-state index is 15.3. The van der Waals surface area contributed by atoms with Crippen LogP contribution in [0.5, 0.6) is 0 Å². The smallest absolute Gasteiger partial charge is 0.302 e. The second-order valence-corrected chi connectivity index (χ2v) is 19.4. The molecule has 0 radical (unpaired) electrons. The average Bonchev–Trinajstić information content (AvgIpc) is 2.96. The van der Waals surface area contributed by atoms with E-state index in [1.165, 1.54) is 6.92 Å². The van der Waals surface area contributed by atoms with Gasteiger partial charge in [-0.15, -0.1) is 0 Å². The maximum Gasteiger partial charge on any atom is 0.302 e. The molecule has 3 aromatic rings. The average molecular weight is 611 g/mol.